The van der Waals surface area contributed by atoms with E-state index in [0.29, 0.717) is 16.8 Å². The molecule has 0 bridgehead atoms. The second-order valence-corrected chi connectivity index (χ2v) is 7.63. The summed E-state index contributed by atoms with van der Waals surface area (Å²) < 4.78 is 1.89. The van der Waals surface area contributed by atoms with Crippen LogP contribution in [-0.4, -0.2) is 31.4 Å². The van der Waals surface area contributed by atoms with E-state index in [1.807, 2.05) is 41.9 Å². The fourth-order valence-corrected chi connectivity index (χ4v) is 3.82. The van der Waals surface area contributed by atoms with Gasteiger partial charge < -0.3 is 9.88 Å². The van der Waals surface area contributed by atoms with Crippen LogP contribution < -0.4 is 5.32 Å². The third-order valence-corrected chi connectivity index (χ3v) is 5.68. The molecule has 1 aliphatic carbocycles. The maximum Gasteiger partial charge on any atom is 0.230 e. The van der Waals surface area contributed by atoms with Crippen LogP contribution in [0, 0.1) is 5.92 Å². The summed E-state index contributed by atoms with van der Waals surface area (Å²) in [7, 11) is 1.90. The Morgan fingerprint density at radius 1 is 1.22 bits per heavy atom. The van der Waals surface area contributed by atoms with Crippen LogP contribution in [-0.2, 0) is 11.8 Å². The van der Waals surface area contributed by atoms with Crippen LogP contribution in [0.1, 0.15) is 24.4 Å². The van der Waals surface area contributed by atoms with Gasteiger partial charge in [-0.05, 0) is 36.5 Å². The predicted octanol–water partition coefficient (Wildman–Crippen LogP) is 3.24. The lowest BCUT2D eigenvalue weighted by molar-refractivity contribution is -0.119. The third kappa shape index (κ3) is 4.19. The van der Waals surface area contributed by atoms with Gasteiger partial charge in [-0.15, -0.1) is 10.2 Å². The van der Waals surface area contributed by atoms with Crippen LogP contribution in [0.2, 0.25) is 0 Å². The van der Waals surface area contributed by atoms with E-state index in [2.05, 4.69) is 32.6 Å². The number of aromatic nitrogens is 4. The largest absolute Gasteiger partial charge is 0.348 e. The minimum absolute atomic E-state index is 0.0201. The van der Waals surface area contributed by atoms with Crippen molar-refractivity contribution in [3.05, 3.63) is 60.4 Å². The number of carbonyl (C=O) groups is 1. The lowest BCUT2D eigenvalue weighted by atomic mass is 10.0. The fraction of sp³-hybridized carbons (Fsp3) is 0.300. The molecule has 1 saturated carbocycles. The maximum atomic E-state index is 12.5. The van der Waals surface area contributed by atoms with Crippen molar-refractivity contribution in [2.45, 2.75) is 24.0 Å². The molecule has 2 aromatic heterocycles. The molecule has 1 N–H and O–H groups in total. The summed E-state index contributed by atoms with van der Waals surface area (Å²) >= 11 is 1.40. The van der Waals surface area contributed by atoms with E-state index in [4.69, 9.17) is 0 Å². The zero-order valence-corrected chi connectivity index (χ0v) is 15.9. The number of carbonyl (C=O) groups excluding carboxylic acids is 1. The van der Waals surface area contributed by atoms with Crippen LogP contribution in [0.3, 0.4) is 0 Å². The summed E-state index contributed by atoms with van der Waals surface area (Å²) in [6.45, 7) is 0. The van der Waals surface area contributed by atoms with Crippen molar-refractivity contribution >= 4 is 17.7 Å². The normalized spacial score (nSPS) is 14.7. The van der Waals surface area contributed by atoms with Gasteiger partial charge in [0.05, 0.1) is 11.8 Å². The Kier molecular flexibility index (Phi) is 5.20. The van der Waals surface area contributed by atoms with Crippen LogP contribution >= 0.6 is 11.8 Å². The summed E-state index contributed by atoms with van der Waals surface area (Å²) in [5.74, 6) is 1.63. The van der Waals surface area contributed by atoms with Gasteiger partial charge in [0.15, 0.2) is 11.0 Å². The molecule has 2 heterocycles. The fourth-order valence-electron chi connectivity index (χ4n) is 3.10. The predicted molar refractivity (Wildman–Crippen MR) is 105 cm³/mol. The van der Waals surface area contributed by atoms with Gasteiger partial charge in [0.25, 0.3) is 0 Å². The van der Waals surface area contributed by atoms with Crippen LogP contribution in [0.4, 0.5) is 0 Å². The molecule has 1 unspecified atom stereocenters. The molecule has 0 spiro atoms. The van der Waals surface area contributed by atoms with E-state index in [0.717, 1.165) is 11.4 Å². The monoisotopic (exact) mass is 379 g/mol. The van der Waals surface area contributed by atoms with Gasteiger partial charge in [-0.3, -0.25) is 9.78 Å². The summed E-state index contributed by atoms with van der Waals surface area (Å²) in [5, 5.41) is 12.4. The molecule has 27 heavy (non-hydrogen) atoms. The van der Waals surface area contributed by atoms with Crippen molar-refractivity contribution in [2.24, 2.45) is 13.0 Å². The molecule has 4 rings (SSSR count). The summed E-state index contributed by atoms with van der Waals surface area (Å²) in [4.78, 5) is 16.6. The van der Waals surface area contributed by atoms with Crippen molar-refractivity contribution < 1.29 is 4.79 Å². The molecule has 1 amide bonds. The molecule has 1 fully saturated rings. The zero-order valence-electron chi connectivity index (χ0n) is 15.1. The number of pyridine rings is 1. The van der Waals surface area contributed by atoms with Crippen molar-refractivity contribution in [1.82, 2.24) is 25.1 Å². The van der Waals surface area contributed by atoms with Gasteiger partial charge >= 0.3 is 0 Å². The second kappa shape index (κ2) is 7.92. The molecule has 3 aromatic rings. The van der Waals surface area contributed by atoms with Crippen LogP contribution in [0.15, 0.2) is 60.0 Å². The van der Waals surface area contributed by atoms with Crippen molar-refractivity contribution in [3.8, 4) is 11.4 Å². The minimum Gasteiger partial charge on any atom is -0.348 e. The first-order chi connectivity index (χ1) is 13.2. The van der Waals surface area contributed by atoms with Gasteiger partial charge in [-0.25, -0.2) is 0 Å². The number of hydrogen-bond acceptors (Lipinski definition) is 5. The molecular formula is C20H21N5OS. The second-order valence-electron chi connectivity index (χ2n) is 6.69. The average Bonchev–Trinajstić information content (AvgIpc) is 3.48. The summed E-state index contributed by atoms with van der Waals surface area (Å²) in [6, 6.07) is 14.1. The van der Waals surface area contributed by atoms with E-state index >= 15 is 0 Å². The Hall–Kier alpha value is -2.67. The molecular weight excluding hydrogens is 358 g/mol. The molecule has 1 aliphatic rings. The van der Waals surface area contributed by atoms with Gasteiger partial charge in [-0.1, -0.05) is 42.1 Å². The lowest BCUT2D eigenvalue weighted by Gasteiger charge is -2.18. The van der Waals surface area contributed by atoms with E-state index in [-0.39, 0.29) is 11.9 Å². The number of hydrogen-bond donors (Lipinski definition) is 1. The highest BCUT2D eigenvalue weighted by Crippen LogP contribution is 2.41. The zero-order chi connectivity index (χ0) is 18.6. The number of nitrogens with zero attached hydrogens (tertiary/aromatic N) is 4. The molecule has 0 aliphatic heterocycles. The van der Waals surface area contributed by atoms with Gasteiger partial charge in [-0.2, -0.15) is 0 Å². The Morgan fingerprint density at radius 3 is 2.74 bits per heavy atom. The summed E-state index contributed by atoms with van der Waals surface area (Å²) in [6.07, 6.45) is 5.82. The highest BCUT2D eigenvalue weighted by molar-refractivity contribution is 7.99. The Balaban J connectivity index is 1.39. The van der Waals surface area contributed by atoms with Crippen molar-refractivity contribution in [1.29, 1.82) is 0 Å². The third-order valence-electron chi connectivity index (χ3n) is 4.66. The number of amides is 1. The molecule has 1 aromatic carbocycles. The first kappa shape index (κ1) is 17.7. The number of thioether (sulfide) groups is 1. The van der Waals surface area contributed by atoms with E-state index < -0.39 is 0 Å². The van der Waals surface area contributed by atoms with Gasteiger partial charge in [0, 0.05) is 25.0 Å². The first-order valence-electron chi connectivity index (χ1n) is 8.99. The quantitative estimate of drug-likeness (QED) is 0.638. The highest BCUT2D eigenvalue weighted by Gasteiger charge is 2.33. The van der Waals surface area contributed by atoms with E-state index in [1.165, 1.54) is 30.2 Å². The molecule has 1 atom stereocenters. The Bertz CT molecular complexity index is 909. The topological polar surface area (TPSA) is 72.7 Å². The van der Waals surface area contributed by atoms with E-state index in [1.54, 1.807) is 12.4 Å². The maximum absolute atomic E-state index is 12.5. The molecule has 138 valence electrons. The Morgan fingerprint density at radius 2 is 2.04 bits per heavy atom. The van der Waals surface area contributed by atoms with Gasteiger partial charge in [0.2, 0.25) is 5.91 Å². The van der Waals surface area contributed by atoms with Crippen molar-refractivity contribution in [3.63, 3.8) is 0 Å². The smallest absolute Gasteiger partial charge is 0.230 e. The van der Waals surface area contributed by atoms with Crippen molar-refractivity contribution in [2.75, 3.05) is 5.75 Å². The van der Waals surface area contributed by atoms with Crippen LogP contribution in [0.5, 0.6) is 0 Å². The SMILES string of the molecule is Cn1c(SCC(=O)NC(c2ccccc2)C2CC2)nnc1-c1cccnc1. The number of rotatable bonds is 7. The number of benzene rings is 1. The first-order valence-corrected chi connectivity index (χ1v) is 9.98. The molecule has 6 nitrogen and oxygen atoms in total. The average molecular weight is 379 g/mol. The number of nitrogens with one attached hydrogen (secondary N) is 1. The van der Waals surface area contributed by atoms with E-state index in [9.17, 15) is 4.79 Å². The summed E-state index contributed by atoms with van der Waals surface area (Å²) in [5.41, 5.74) is 2.08. The lowest BCUT2D eigenvalue weighted by Crippen LogP contribution is -2.31. The molecule has 0 saturated heterocycles. The minimum atomic E-state index is 0.0201. The van der Waals surface area contributed by atoms with Gasteiger partial charge in [0.1, 0.15) is 0 Å². The molecule has 7 heteroatoms. The highest BCUT2D eigenvalue weighted by atomic mass is 32.2. The Labute approximate surface area is 162 Å². The molecule has 0 radical (unpaired) electrons. The van der Waals surface area contributed by atoms with Crippen LogP contribution in [0.25, 0.3) is 11.4 Å². The standard InChI is InChI=1S/C20H21N5OS/c1-25-19(16-8-5-11-21-12-16)23-24-20(25)27-13-17(26)22-18(15-9-10-15)14-6-3-2-4-7-14/h2-8,11-12,15,18H,9-10,13H2,1H3,(H,22,26).